The molecule has 0 aliphatic carbocycles. The molecular formula is C17H16O8S2. The molecule has 10 heteroatoms. The van der Waals surface area contributed by atoms with Gasteiger partial charge in [0.2, 0.25) is 0 Å². The minimum atomic E-state index is -3.90. The average Bonchev–Trinajstić information content (AvgIpc) is 2.53. The van der Waals surface area contributed by atoms with Crippen LogP contribution < -0.4 is 0 Å². The number of hydrogen-bond donors (Lipinski definition) is 2. The van der Waals surface area contributed by atoms with Crippen molar-refractivity contribution < 1.29 is 36.6 Å². The third-order valence-corrected chi connectivity index (χ3v) is 6.83. The van der Waals surface area contributed by atoms with E-state index >= 15 is 0 Å². The lowest BCUT2D eigenvalue weighted by Gasteiger charge is -2.06. The maximum absolute atomic E-state index is 11.8. The summed E-state index contributed by atoms with van der Waals surface area (Å²) in [5.74, 6) is -4.84. The SMILES string of the molecule is O=C(O)CS(=O)(=O)c1ccc(Cc2ccc(S(=O)(=O)CC(=O)O)cc2)cc1. The second kappa shape index (κ2) is 7.89. The number of carbonyl (C=O) groups is 2. The van der Waals surface area contributed by atoms with Crippen molar-refractivity contribution in [2.45, 2.75) is 16.2 Å². The summed E-state index contributed by atoms with van der Waals surface area (Å²) < 4.78 is 47.4. The van der Waals surface area contributed by atoms with E-state index in [4.69, 9.17) is 10.2 Å². The Morgan fingerprint density at radius 2 is 0.926 bits per heavy atom. The molecule has 0 spiro atoms. The Balaban J connectivity index is 2.14. The van der Waals surface area contributed by atoms with E-state index in [2.05, 4.69) is 0 Å². The first-order chi connectivity index (χ1) is 12.5. The van der Waals surface area contributed by atoms with Crippen molar-refractivity contribution in [1.29, 1.82) is 0 Å². The highest BCUT2D eigenvalue weighted by Gasteiger charge is 2.19. The van der Waals surface area contributed by atoms with Crippen molar-refractivity contribution in [3.05, 3.63) is 59.7 Å². The molecule has 0 saturated heterocycles. The van der Waals surface area contributed by atoms with E-state index in [-0.39, 0.29) is 9.79 Å². The van der Waals surface area contributed by atoms with Crippen LogP contribution in [0.4, 0.5) is 0 Å². The van der Waals surface area contributed by atoms with Crippen LogP contribution in [0.15, 0.2) is 58.3 Å². The highest BCUT2D eigenvalue weighted by molar-refractivity contribution is 7.92. The maximum atomic E-state index is 11.8. The summed E-state index contributed by atoms with van der Waals surface area (Å²) in [5, 5.41) is 17.3. The quantitative estimate of drug-likeness (QED) is 0.653. The summed E-state index contributed by atoms with van der Waals surface area (Å²) in [4.78, 5) is 21.0. The molecule has 0 aliphatic heterocycles. The van der Waals surface area contributed by atoms with Gasteiger partial charge in [0, 0.05) is 0 Å². The number of sulfone groups is 2. The fourth-order valence-electron chi connectivity index (χ4n) is 2.36. The molecule has 0 radical (unpaired) electrons. The first-order valence-electron chi connectivity index (χ1n) is 7.56. The van der Waals surface area contributed by atoms with Gasteiger partial charge in [-0.2, -0.15) is 0 Å². The highest BCUT2D eigenvalue weighted by atomic mass is 32.2. The molecule has 8 nitrogen and oxygen atoms in total. The van der Waals surface area contributed by atoms with Crippen LogP contribution in [0.3, 0.4) is 0 Å². The zero-order valence-electron chi connectivity index (χ0n) is 13.9. The molecule has 0 amide bonds. The standard InChI is InChI=1S/C17H16O8S2/c18-16(19)10-26(22,23)14-5-1-12(2-6-14)9-13-3-7-15(8-4-13)27(24,25)11-17(20)21/h1-8H,9-11H2,(H,18,19)(H,20,21). The lowest BCUT2D eigenvalue weighted by atomic mass is 10.1. The van der Waals surface area contributed by atoms with Gasteiger partial charge in [0.1, 0.15) is 0 Å². The lowest BCUT2D eigenvalue weighted by molar-refractivity contribution is -0.135. The summed E-state index contributed by atoms with van der Waals surface area (Å²) in [6, 6.07) is 11.5. The predicted octanol–water partition coefficient (Wildman–Crippen LogP) is 0.994. The van der Waals surface area contributed by atoms with Gasteiger partial charge in [0.15, 0.2) is 31.2 Å². The smallest absolute Gasteiger partial charge is 0.319 e. The Labute approximate surface area is 155 Å². The van der Waals surface area contributed by atoms with E-state index in [1.165, 1.54) is 24.3 Å². The van der Waals surface area contributed by atoms with Crippen LogP contribution >= 0.6 is 0 Å². The molecule has 0 atom stereocenters. The predicted molar refractivity (Wildman–Crippen MR) is 95.1 cm³/mol. The lowest BCUT2D eigenvalue weighted by Crippen LogP contribution is -2.15. The van der Waals surface area contributed by atoms with Crippen molar-refractivity contribution in [3.63, 3.8) is 0 Å². The maximum Gasteiger partial charge on any atom is 0.319 e. The van der Waals surface area contributed by atoms with Crippen LogP contribution in [-0.2, 0) is 35.7 Å². The Kier molecular flexibility index (Phi) is 6.01. The molecule has 0 heterocycles. The molecule has 0 bridgehead atoms. The number of carboxylic acid groups (broad SMARTS) is 2. The summed E-state index contributed by atoms with van der Waals surface area (Å²) in [6.07, 6.45) is 0.387. The average molecular weight is 412 g/mol. The first-order valence-corrected chi connectivity index (χ1v) is 10.9. The van der Waals surface area contributed by atoms with Crippen molar-refractivity contribution in [3.8, 4) is 0 Å². The van der Waals surface area contributed by atoms with E-state index in [1.54, 1.807) is 24.3 Å². The van der Waals surface area contributed by atoms with Gasteiger partial charge in [0.05, 0.1) is 9.79 Å². The molecule has 0 fully saturated rings. The second-order valence-corrected chi connectivity index (χ2v) is 9.75. The molecule has 0 unspecified atom stereocenters. The fraction of sp³-hybridized carbons (Fsp3) is 0.176. The summed E-state index contributed by atoms with van der Waals surface area (Å²) in [6.45, 7) is 0. The molecule has 2 rings (SSSR count). The summed E-state index contributed by atoms with van der Waals surface area (Å²) >= 11 is 0. The Morgan fingerprint density at radius 1 is 0.630 bits per heavy atom. The van der Waals surface area contributed by atoms with Crippen LogP contribution in [-0.4, -0.2) is 50.5 Å². The van der Waals surface area contributed by atoms with Crippen LogP contribution in [0.25, 0.3) is 0 Å². The van der Waals surface area contributed by atoms with E-state index < -0.39 is 43.1 Å². The topological polar surface area (TPSA) is 143 Å². The Hall–Kier alpha value is -2.72. The molecule has 0 aromatic heterocycles. The van der Waals surface area contributed by atoms with Crippen molar-refractivity contribution in [2.75, 3.05) is 11.5 Å². The van der Waals surface area contributed by atoms with Gasteiger partial charge in [0.25, 0.3) is 0 Å². The van der Waals surface area contributed by atoms with Gasteiger partial charge in [-0.3, -0.25) is 9.59 Å². The normalized spacial score (nSPS) is 11.9. The Morgan fingerprint density at radius 3 is 1.19 bits per heavy atom. The van der Waals surface area contributed by atoms with Gasteiger partial charge in [-0.1, -0.05) is 24.3 Å². The van der Waals surface area contributed by atoms with E-state index in [1.807, 2.05) is 0 Å². The number of benzene rings is 2. The van der Waals surface area contributed by atoms with E-state index in [0.717, 1.165) is 11.1 Å². The third kappa shape index (κ3) is 5.63. The van der Waals surface area contributed by atoms with E-state index in [0.29, 0.717) is 6.42 Å². The van der Waals surface area contributed by atoms with Gasteiger partial charge in [-0.15, -0.1) is 0 Å². The highest BCUT2D eigenvalue weighted by Crippen LogP contribution is 2.17. The second-order valence-electron chi connectivity index (χ2n) is 5.77. The van der Waals surface area contributed by atoms with Gasteiger partial charge < -0.3 is 10.2 Å². The van der Waals surface area contributed by atoms with Crippen LogP contribution in [0.5, 0.6) is 0 Å². The molecule has 144 valence electrons. The molecule has 2 aromatic rings. The van der Waals surface area contributed by atoms with E-state index in [9.17, 15) is 26.4 Å². The van der Waals surface area contributed by atoms with Gasteiger partial charge in [-0.05, 0) is 41.8 Å². The summed E-state index contributed by atoms with van der Waals surface area (Å²) in [7, 11) is -7.79. The minimum absolute atomic E-state index is 0.0937. The fourth-order valence-corrected chi connectivity index (χ4v) is 4.44. The number of carboxylic acids is 2. The molecule has 27 heavy (non-hydrogen) atoms. The number of aliphatic carboxylic acids is 2. The molecular weight excluding hydrogens is 396 g/mol. The number of rotatable bonds is 8. The van der Waals surface area contributed by atoms with Crippen LogP contribution in [0, 0.1) is 0 Å². The van der Waals surface area contributed by atoms with Crippen LogP contribution in [0.1, 0.15) is 11.1 Å². The zero-order valence-corrected chi connectivity index (χ0v) is 15.5. The zero-order chi connectivity index (χ0) is 20.2. The number of hydrogen-bond acceptors (Lipinski definition) is 6. The molecule has 2 N–H and O–H groups in total. The largest absolute Gasteiger partial charge is 0.480 e. The van der Waals surface area contributed by atoms with Gasteiger partial charge in [-0.25, -0.2) is 16.8 Å². The molecule has 2 aromatic carbocycles. The van der Waals surface area contributed by atoms with Crippen molar-refractivity contribution in [2.24, 2.45) is 0 Å². The molecule has 0 aliphatic rings. The van der Waals surface area contributed by atoms with Crippen LogP contribution in [0.2, 0.25) is 0 Å². The Bertz CT molecular complexity index is 963. The third-order valence-electron chi connectivity index (χ3n) is 3.60. The first kappa shape index (κ1) is 20.6. The molecule has 0 saturated carbocycles. The van der Waals surface area contributed by atoms with Crippen molar-refractivity contribution in [1.82, 2.24) is 0 Å². The summed E-state index contributed by atoms with van der Waals surface area (Å²) in [5.41, 5.74) is 1.48. The van der Waals surface area contributed by atoms with Gasteiger partial charge >= 0.3 is 11.9 Å². The minimum Gasteiger partial charge on any atom is -0.480 e. The monoisotopic (exact) mass is 412 g/mol. The van der Waals surface area contributed by atoms with Crippen molar-refractivity contribution >= 4 is 31.6 Å².